The minimum absolute atomic E-state index is 0.123. The molecule has 19 heavy (non-hydrogen) atoms. The summed E-state index contributed by atoms with van der Waals surface area (Å²) in [6.07, 6.45) is 6.05. The molecule has 0 aromatic carbocycles. The molecule has 0 spiro atoms. The lowest BCUT2D eigenvalue weighted by Crippen LogP contribution is -2.23. The Morgan fingerprint density at radius 2 is 2.05 bits per heavy atom. The van der Waals surface area contributed by atoms with Gasteiger partial charge in [-0.15, -0.1) is 0 Å². The Hall–Kier alpha value is -2.63. The van der Waals surface area contributed by atoms with Crippen LogP contribution in [-0.2, 0) is 4.79 Å². The molecule has 2 N–H and O–H groups in total. The summed E-state index contributed by atoms with van der Waals surface area (Å²) in [5, 5.41) is 17.9. The summed E-state index contributed by atoms with van der Waals surface area (Å²) in [7, 11) is 1.77. The van der Waals surface area contributed by atoms with Crippen molar-refractivity contribution >= 4 is 11.9 Å². The quantitative estimate of drug-likeness (QED) is 0.851. The largest absolute Gasteiger partial charge is 0.478 e. The first-order valence-corrected chi connectivity index (χ1v) is 5.53. The lowest BCUT2D eigenvalue weighted by atomic mass is 10.0. The number of pyridine rings is 1. The molecule has 2 rings (SSSR count). The Morgan fingerprint density at radius 1 is 1.32 bits per heavy atom. The molecule has 0 amide bonds. The van der Waals surface area contributed by atoms with Crippen LogP contribution in [-0.4, -0.2) is 39.1 Å². The van der Waals surface area contributed by atoms with E-state index in [1.807, 2.05) is 0 Å². The van der Waals surface area contributed by atoms with E-state index >= 15 is 0 Å². The molecule has 0 saturated carbocycles. The summed E-state index contributed by atoms with van der Waals surface area (Å²) in [6, 6.07) is 2.45. The van der Waals surface area contributed by atoms with E-state index in [4.69, 9.17) is 10.2 Å². The fourth-order valence-electron chi connectivity index (χ4n) is 1.81. The number of aromatic nitrogens is 1. The second kappa shape index (κ2) is 4.93. The lowest BCUT2D eigenvalue weighted by molar-refractivity contribution is -0.132. The average Bonchev–Trinajstić information content (AvgIpc) is 2.39. The predicted molar refractivity (Wildman–Crippen MR) is 66.6 cm³/mol. The number of nitrogens with zero attached hydrogens (tertiary/aromatic N) is 2. The number of aromatic carboxylic acids is 1. The van der Waals surface area contributed by atoms with Crippen LogP contribution < -0.4 is 0 Å². The lowest BCUT2D eigenvalue weighted by Gasteiger charge is -2.27. The number of likely N-dealkylation sites (N-methyl/N-ethyl adjacent to an activating group) is 1. The molecule has 1 aliphatic heterocycles. The van der Waals surface area contributed by atoms with Crippen molar-refractivity contribution in [3.05, 3.63) is 53.5 Å². The maximum Gasteiger partial charge on any atom is 0.335 e. The normalized spacial score (nSPS) is 18.1. The zero-order chi connectivity index (χ0) is 14.0. The zero-order valence-electron chi connectivity index (χ0n) is 10.1. The van der Waals surface area contributed by atoms with Crippen LogP contribution in [0.25, 0.3) is 0 Å². The number of hydrogen-bond donors (Lipinski definition) is 2. The topological polar surface area (TPSA) is 90.7 Å². The molecule has 0 aliphatic carbocycles. The van der Waals surface area contributed by atoms with Gasteiger partial charge in [-0.3, -0.25) is 4.98 Å². The van der Waals surface area contributed by atoms with E-state index in [-0.39, 0.29) is 11.1 Å². The van der Waals surface area contributed by atoms with E-state index in [1.54, 1.807) is 18.1 Å². The van der Waals surface area contributed by atoms with Crippen LogP contribution in [0.2, 0.25) is 0 Å². The van der Waals surface area contributed by atoms with Gasteiger partial charge in [0.1, 0.15) is 0 Å². The SMILES string of the molecule is CN1C=CC(C(=O)O)=CC1c1cc(C(=O)O)ccn1. The van der Waals surface area contributed by atoms with Crippen LogP contribution in [0.5, 0.6) is 0 Å². The first-order valence-electron chi connectivity index (χ1n) is 5.53. The van der Waals surface area contributed by atoms with Gasteiger partial charge in [0.05, 0.1) is 22.9 Å². The molecule has 6 heteroatoms. The average molecular weight is 260 g/mol. The zero-order valence-corrected chi connectivity index (χ0v) is 10.1. The standard InChI is InChI=1S/C13H12N2O4/c1-15-5-3-9(13(18)19)7-11(15)10-6-8(12(16)17)2-4-14-10/h2-7,11H,1H3,(H,16,17)(H,18,19). The minimum atomic E-state index is -1.04. The third-order valence-electron chi connectivity index (χ3n) is 2.84. The summed E-state index contributed by atoms with van der Waals surface area (Å²) in [5.74, 6) is -2.07. The molecule has 0 fully saturated rings. The Morgan fingerprint density at radius 3 is 2.68 bits per heavy atom. The highest BCUT2D eigenvalue weighted by Gasteiger charge is 2.21. The summed E-state index contributed by atoms with van der Waals surface area (Å²) in [6.45, 7) is 0. The van der Waals surface area contributed by atoms with E-state index in [2.05, 4.69) is 4.98 Å². The van der Waals surface area contributed by atoms with Crippen LogP contribution in [0.3, 0.4) is 0 Å². The number of aliphatic carboxylic acids is 1. The number of carboxylic acids is 2. The second-order valence-electron chi connectivity index (χ2n) is 4.13. The summed E-state index contributed by atoms with van der Waals surface area (Å²) in [5.41, 5.74) is 0.773. The predicted octanol–water partition coefficient (Wildman–Crippen LogP) is 1.29. The first-order chi connectivity index (χ1) is 8.99. The van der Waals surface area contributed by atoms with Crippen molar-refractivity contribution in [2.24, 2.45) is 0 Å². The van der Waals surface area contributed by atoms with Crippen molar-refractivity contribution in [1.82, 2.24) is 9.88 Å². The Kier molecular flexibility index (Phi) is 3.33. The molecule has 0 saturated heterocycles. The van der Waals surface area contributed by atoms with E-state index < -0.39 is 18.0 Å². The Labute approximate surface area is 109 Å². The van der Waals surface area contributed by atoms with Crippen molar-refractivity contribution in [3.8, 4) is 0 Å². The fourth-order valence-corrected chi connectivity index (χ4v) is 1.81. The van der Waals surface area contributed by atoms with Gasteiger partial charge in [0, 0.05) is 19.4 Å². The van der Waals surface area contributed by atoms with E-state index in [0.29, 0.717) is 5.69 Å². The summed E-state index contributed by atoms with van der Waals surface area (Å²) >= 11 is 0. The van der Waals surface area contributed by atoms with Crippen molar-refractivity contribution in [1.29, 1.82) is 0 Å². The van der Waals surface area contributed by atoms with Crippen LogP contribution >= 0.6 is 0 Å². The third kappa shape index (κ3) is 2.62. The number of hydrogen-bond acceptors (Lipinski definition) is 4. The number of carbonyl (C=O) groups is 2. The molecule has 0 bridgehead atoms. The highest BCUT2D eigenvalue weighted by molar-refractivity contribution is 5.90. The van der Waals surface area contributed by atoms with Gasteiger partial charge in [0.15, 0.2) is 0 Å². The van der Waals surface area contributed by atoms with Gasteiger partial charge < -0.3 is 15.1 Å². The highest BCUT2D eigenvalue weighted by Crippen LogP contribution is 2.25. The summed E-state index contributed by atoms with van der Waals surface area (Å²) < 4.78 is 0. The summed E-state index contributed by atoms with van der Waals surface area (Å²) in [4.78, 5) is 27.8. The maximum absolute atomic E-state index is 11.0. The van der Waals surface area contributed by atoms with Crippen LogP contribution in [0.15, 0.2) is 42.3 Å². The van der Waals surface area contributed by atoms with Crippen molar-refractivity contribution in [3.63, 3.8) is 0 Å². The molecular weight excluding hydrogens is 248 g/mol. The van der Waals surface area contributed by atoms with Crippen molar-refractivity contribution in [2.75, 3.05) is 7.05 Å². The van der Waals surface area contributed by atoms with E-state index in [9.17, 15) is 9.59 Å². The molecule has 98 valence electrons. The first kappa shape index (κ1) is 12.8. The number of carboxylic acid groups (broad SMARTS) is 2. The van der Waals surface area contributed by atoms with E-state index in [1.165, 1.54) is 30.5 Å². The molecule has 1 aromatic heterocycles. The fraction of sp³-hybridized carbons (Fsp3) is 0.154. The van der Waals surface area contributed by atoms with Crippen LogP contribution in [0.1, 0.15) is 22.1 Å². The van der Waals surface area contributed by atoms with Crippen LogP contribution in [0, 0.1) is 0 Å². The van der Waals surface area contributed by atoms with Gasteiger partial charge in [-0.05, 0) is 24.3 Å². The van der Waals surface area contributed by atoms with Crippen molar-refractivity contribution in [2.45, 2.75) is 6.04 Å². The van der Waals surface area contributed by atoms with Crippen molar-refractivity contribution < 1.29 is 19.8 Å². The minimum Gasteiger partial charge on any atom is -0.478 e. The molecule has 6 nitrogen and oxygen atoms in total. The Bertz CT molecular complexity index is 592. The molecule has 0 radical (unpaired) electrons. The highest BCUT2D eigenvalue weighted by atomic mass is 16.4. The van der Waals surface area contributed by atoms with Crippen LogP contribution in [0.4, 0.5) is 0 Å². The van der Waals surface area contributed by atoms with Gasteiger partial charge in [0.2, 0.25) is 0 Å². The molecule has 1 aromatic rings. The maximum atomic E-state index is 11.0. The van der Waals surface area contributed by atoms with Gasteiger partial charge in [0.25, 0.3) is 0 Å². The second-order valence-corrected chi connectivity index (χ2v) is 4.13. The molecular formula is C13H12N2O4. The molecule has 2 heterocycles. The Balaban J connectivity index is 2.40. The monoisotopic (exact) mass is 260 g/mol. The third-order valence-corrected chi connectivity index (χ3v) is 2.84. The number of rotatable bonds is 3. The molecule has 1 aliphatic rings. The van der Waals surface area contributed by atoms with E-state index in [0.717, 1.165) is 0 Å². The van der Waals surface area contributed by atoms with Gasteiger partial charge >= 0.3 is 11.9 Å². The van der Waals surface area contributed by atoms with Gasteiger partial charge in [-0.2, -0.15) is 0 Å². The molecule has 1 unspecified atom stereocenters. The van der Waals surface area contributed by atoms with Gasteiger partial charge in [-0.1, -0.05) is 0 Å². The molecule has 1 atom stereocenters. The smallest absolute Gasteiger partial charge is 0.335 e. The van der Waals surface area contributed by atoms with Gasteiger partial charge in [-0.25, -0.2) is 9.59 Å².